The average Bonchev–Trinajstić information content (AvgIpc) is 2.90. The number of nitrogens with one attached hydrogen (secondary N) is 2. The summed E-state index contributed by atoms with van der Waals surface area (Å²) in [6, 6.07) is 2.71. The summed E-state index contributed by atoms with van der Waals surface area (Å²) in [6.45, 7) is 7.94. The minimum absolute atomic E-state index is 0.105. The zero-order valence-electron chi connectivity index (χ0n) is 12.6. The Labute approximate surface area is 120 Å². The minimum atomic E-state index is -0.589. The molecule has 0 spiro atoms. The van der Waals surface area contributed by atoms with Gasteiger partial charge in [-0.3, -0.25) is 9.59 Å². The van der Waals surface area contributed by atoms with E-state index in [1.807, 2.05) is 6.92 Å². The van der Waals surface area contributed by atoms with Gasteiger partial charge >= 0.3 is 0 Å². The topological polar surface area (TPSA) is 71.3 Å². The molecule has 2 unspecified atom stereocenters. The van der Waals surface area contributed by atoms with Crippen LogP contribution < -0.4 is 10.6 Å². The fraction of sp³-hybridized carbons (Fsp3) is 0.600. The van der Waals surface area contributed by atoms with Crippen LogP contribution in [0.5, 0.6) is 0 Å². The number of carbonyl (C=O) groups excluding carboxylic acids is 2. The first kappa shape index (κ1) is 16.3. The first-order chi connectivity index (χ1) is 9.40. The van der Waals surface area contributed by atoms with Crippen molar-refractivity contribution in [3.05, 3.63) is 24.2 Å². The third-order valence-corrected chi connectivity index (χ3v) is 3.05. The highest BCUT2D eigenvalue weighted by Gasteiger charge is 2.19. The summed E-state index contributed by atoms with van der Waals surface area (Å²) in [5, 5.41) is 5.51. The minimum Gasteiger partial charge on any atom is -0.459 e. The maximum Gasteiger partial charge on any atom is 0.287 e. The molecule has 5 heteroatoms. The van der Waals surface area contributed by atoms with Crippen molar-refractivity contribution in [1.29, 1.82) is 0 Å². The molecule has 0 bridgehead atoms. The molecule has 112 valence electrons. The monoisotopic (exact) mass is 280 g/mol. The van der Waals surface area contributed by atoms with Crippen molar-refractivity contribution >= 4 is 11.8 Å². The Balaban J connectivity index is 2.37. The molecular formula is C15H24N2O3. The van der Waals surface area contributed by atoms with E-state index in [-0.39, 0.29) is 23.6 Å². The highest BCUT2D eigenvalue weighted by atomic mass is 16.3. The van der Waals surface area contributed by atoms with E-state index in [0.29, 0.717) is 5.92 Å². The molecule has 2 amide bonds. The second-order valence-electron chi connectivity index (χ2n) is 5.55. The maximum absolute atomic E-state index is 11.9. The first-order valence-electron chi connectivity index (χ1n) is 7.05. The number of rotatable bonds is 7. The van der Waals surface area contributed by atoms with Crippen LogP contribution in [0.2, 0.25) is 0 Å². The summed E-state index contributed by atoms with van der Waals surface area (Å²) in [4.78, 5) is 23.7. The predicted molar refractivity (Wildman–Crippen MR) is 77.3 cm³/mol. The van der Waals surface area contributed by atoms with E-state index in [1.54, 1.807) is 19.1 Å². The van der Waals surface area contributed by atoms with Crippen LogP contribution in [0, 0.1) is 5.92 Å². The third kappa shape index (κ3) is 5.47. The summed E-state index contributed by atoms with van der Waals surface area (Å²) in [7, 11) is 0. The summed E-state index contributed by atoms with van der Waals surface area (Å²) in [6.07, 6.45) is 3.42. The lowest BCUT2D eigenvalue weighted by atomic mass is 10.0. The van der Waals surface area contributed by atoms with Crippen LogP contribution in [-0.4, -0.2) is 23.9 Å². The molecule has 1 aromatic heterocycles. The van der Waals surface area contributed by atoms with Crippen LogP contribution in [-0.2, 0) is 4.79 Å². The van der Waals surface area contributed by atoms with Crippen molar-refractivity contribution in [3.63, 3.8) is 0 Å². The zero-order chi connectivity index (χ0) is 15.1. The van der Waals surface area contributed by atoms with E-state index >= 15 is 0 Å². The zero-order valence-corrected chi connectivity index (χ0v) is 12.6. The van der Waals surface area contributed by atoms with Crippen molar-refractivity contribution in [2.75, 3.05) is 0 Å². The van der Waals surface area contributed by atoms with Crippen molar-refractivity contribution in [3.8, 4) is 0 Å². The molecule has 1 heterocycles. The van der Waals surface area contributed by atoms with Crippen molar-refractivity contribution in [2.24, 2.45) is 5.92 Å². The van der Waals surface area contributed by atoms with E-state index in [4.69, 9.17) is 4.42 Å². The lowest BCUT2D eigenvalue weighted by Crippen LogP contribution is -2.47. The molecule has 0 aliphatic heterocycles. The number of carbonyl (C=O) groups is 2. The highest BCUT2D eigenvalue weighted by Crippen LogP contribution is 2.06. The van der Waals surface area contributed by atoms with E-state index in [2.05, 4.69) is 24.5 Å². The van der Waals surface area contributed by atoms with E-state index in [9.17, 15) is 9.59 Å². The second kappa shape index (κ2) is 7.72. The Morgan fingerprint density at radius 3 is 2.40 bits per heavy atom. The van der Waals surface area contributed by atoms with Crippen LogP contribution in [0.25, 0.3) is 0 Å². The highest BCUT2D eigenvalue weighted by molar-refractivity contribution is 5.95. The predicted octanol–water partition coefficient (Wildman–Crippen LogP) is 2.34. The summed E-state index contributed by atoms with van der Waals surface area (Å²) < 4.78 is 4.98. The van der Waals surface area contributed by atoms with Crippen LogP contribution in [0.4, 0.5) is 0 Å². The van der Waals surface area contributed by atoms with Gasteiger partial charge in [0.05, 0.1) is 6.26 Å². The summed E-state index contributed by atoms with van der Waals surface area (Å²) in [5.74, 6) is 0.261. The van der Waals surface area contributed by atoms with E-state index < -0.39 is 6.04 Å². The number of hydrogen-bond acceptors (Lipinski definition) is 3. The van der Waals surface area contributed by atoms with Gasteiger partial charge in [0, 0.05) is 6.04 Å². The molecule has 0 radical (unpaired) electrons. The normalized spacial score (nSPS) is 13.8. The Kier molecular flexibility index (Phi) is 6.28. The van der Waals surface area contributed by atoms with Gasteiger partial charge in [-0.2, -0.15) is 0 Å². The van der Waals surface area contributed by atoms with Crippen LogP contribution in [0.1, 0.15) is 51.1 Å². The molecule has 0 saturated heterocycles. The van der Waals surface area contributed by atoms with Crippen molar-refractivity contribution in [1.82, 2.24) is 10.6 Å². The fourth-order valence-corrected chi connectivity index (χ4v) is 1.76. The first-order valence-corrected chi connectivity index (χ1v) is 7.05. The molecule has 0 fully saturated rings. The van der Waals surface area contributed by atoms with Crippen LogP contribution in [0.15, 0.2) is 22.8 Å². The molecule has 20 heavy (non-hydrogen) atoms. The average molecular weight is 280 g/mol. The van der Waals surface area contributed by atoms with Gasteiger partial charge in [-0.25, -0.2) is 0 Å². The van der Waals surface area contributed by atoms with E-state index in [0.717, 1.165) is 12.8 Å². The standard InChI is InChI=1S/C15H24N2O3/c1-10(2)7-8-11(3)16-14(18)12(4)17-15(19)13-6-5-9-20-13/h5-6,9-12H,7-8H2,1-4H3,(H,16,18)(H,17,19). The number of amides is 2. The number of hydrogen-bond donors (Lipinski definition) is 2. The van der Waals surface area contributed by atoms with Crippen LogP contribution >= 0.6 is 0 Å². The van der Waals surface area contributed by atoms with Gasteiger partial charge in [-0.05, 0) is 44.7 Å². The molecule has 2 atom stereocenters. The smallest absolute Gasteiger partial charge is 0.287 e. The SMILES string of the molecule is CC(C)CCC(C)NC(=O)C(C)NC(=O)c1ccco1. The summed E-state index contributed by atoms with van der Waals surface area (Å²) >= 11 is 0. The lowest BCUT2D eigenvalue weighted by Gasteiger charge is -2.18. The molecule has 0 saturated carbocycles. The van der Waals surface area contributed by atoms with E-state index in [1.165, 1.54) is 6.26 Å². The molecule has 0 aliphatic carbocycles. The van der Waals surface area contributed by atoms with Crippen molar-refractivity contribution in [2.45, 2.75) is 52.6 Å². The second-order valence-corrected chi connectivity index (χ2v) is 5.55. The molecular weight excluding hydrogens is 256 g/mol. The van der Waals surface area contributed by atoms with Gasteiger partial charge in [-0.1, -0.05) is 13.8 Å². The Hall–Kier alpha value is -1.78. The van der Waals surface area contributed by atoms with Crippen molar-refractivity contribution < 1.29 is 14.0 Å². The molecule has 1 rings (SSSR count). The molecule has 0 aromatic carbocycles. The molecule has 0 aliphatic rings. The van der Waals surface area contributed by atoms with Gasteiger partial charge in [0.15, 0.2) is 5.76 Å². The largest absolute Gasteiger partial charge is 0.459 e. The Bertz CT molecular complexity index is 426. The third-order valence-electron chi connectivity index (χ3n) is 3.05. The fourth-order valence-electron chi connectivity index (χ4n) is 1.76. The summed E-state index contributed by atoms with van der Waals surface area (Å²) in [5.41, 5.74) is 0. The van der Waals surface area contributed by atoms with Gasteiger partial charge in [0.25, 0.3) is 5.91 Å². The van der Waals surface area contributed by atoms with Gasteiger partial charge < -0.3 is 15.1 Å². The lowest BCUT2D eigenvalue weighted by molar-refractivity contribution is -0.123. The Morgan fingerprint density at radius 2 is 1.85 bits per heavy atom. The van der Waals surface area contributed by atoms with Crippen LogP contribution in [0.3, 0.4) is 0 Å². The Morgan fingerprint density at radius 1 is 1.15 bits per heavy atom. The van der Waals surface area contributed by atoms with Gasteiger partial charge in [-0.15, -0.1) is 0 Å². The van der Waals surface area contributed by atoms with Gasteiger partial charge in [0.1, 0.15) is 6.04 Å². The molecule has 2 N–H and O–H groups in total. The number of furan rings is 1. The molecule has 5 nitrogen and oxygen atoms in total. The maximum atomic E-state index is 11.9. The molecule has 1 aromatic rings. The quantitative estimate of drug-likeness (QED) is 0.805. The van der Waals surface area contributed by atoms with Gasteiger partial charge in [0.2, 0.25) is 5.91 Å².